The predicted octanol–water partition coefficient (Wildman–Crippen LogP) is 4.51. The van der Waals surface area contributed by atoms with Crippen molar-refractivity contribution in [1.82, 2.24) is 0 Å². The molecule has 2 rings (SSSR count). The summed E-state index contributed by atoms with van der Waals surface area (Å²) >= 11 is 13.2. The Balaban J connectivity index is 1.87. The van der Waals surface area contributed by atoms with Gasteiger partial charge in [0.1, 0.15) is 0 Å². The van der Waals surface area contributed by atoms with Crippen LogP contribution in [0.25, 0.3) is 0 Å². The molecule has 0 bridgehead atoms. The van der Waals surface area contributed by atoms with Crippen LogP contribution in [0.5, 0.6) is 0 Å². The van der Waals surface area contributed by atoms with E-state index in [9.17, 15) is 9.59 Å². The molecule has 0 saturated carbocycles. The highest BCUT2D eigenvalue weighted by atomic mass is 35.5. The Kier molecular flexibility index (Phi) is 6.33. The van der Waals surface area contributed by atoms with Crippen LogP contribution in [0.4, 0.5) is 5.69 Å². The minimum atomic E-state index is -0.642. The SMILES string of the molecule is CSc1ccc(NC(=O)COC(=O)c2ccc(Cl)c(Cl)c2)cc1. The van der Waals surface area contributed by atoms with Gasteiger partial charge < -0.3 is 10.1 Å². The van der Waals surface area contributed by atoms with Crippen molar-refractivity contribution < 1.29 is 14.3 Å². The molecule has 2 aromatic rings. The van der Waals surface area contributed by atoms with Gasteiger partial charge >= 0.3 is 5.97 Å². The fourth-order valence-electron chi connectivity index (χ4n) is 1.71. The summed E-state index contributed by atoms with van der Waals surface area (Å²) in [5.74, 6) is -1.06. The van der Waals surface area contributed by atoms with Gasteiger partial charge in [-0.25, -0.2) is 4.79 Å². The molecule has 2 aromatic carbocycles. The molecule has 0 aromatic heterocycles. The topological polar surface area (TPSA) is 55.4 Å². The standard InChI is InChI=1S/C16H13Cl2NO3S/c1-23-12-5-3-11(4-6-12)19-15(20)9-22-16(21)10-2-7-13(17)14(18)8-10/h2-8H,9H2,1H3,(H,19,20). The Morgan fingerprint density at radius 3 is 2.39 bits per heavy atom. The zero-order valence-corrected chi connectivity index (χ0v) is 14.5. The number of hydrogen-bond donors (Lipinski definition) is 1. The number of benzene rings is 2. The fourth-order valence-corrected chi connectivity index (χ4v) is 2.42. The second-order valence-electron chi connectivity index (χ2n) is 4.48. The molecule has 0 fully saturated rings. The summed E-state index contributed by atoms with van der Waals surface area (Å²) < 4.78 is 4.95. The lowest BCUT2D eigenvalue weighted by Gasteiger charge is -2.07. The first kappa shape index (κ1) is 17.7. The van der Waals surface area contributed by atoms with Gasteiger partial charge in [-0.2, -0.15) is 0 Å². The van der Waals surface area contributed by atoms with Crippen LogP contribution in [0, 0.1) is 0 Å². The summed E-state index contributed by atoms with van der Waals surface area (Å²) in [6, 6.07) is 11.7. The van der Waals surface area contributed by atoms with Crippen molar-refractivity contribution in [1.29, 1.82) is 0 Å². The van der Waals surface area contributed by atoms with Crippen molar-refractivity contribution in [2.45, 2.75) is 4.90 Å². The number of hydrogen-bond acceptors (Lipinski definition) is 4. The number of ether oxygens (including phenoxy) is 1. The Morgan fingerprint density at radius 2 is 1.78 bits per heavy atom. The Bertz CT molecular complexity index is 720. The van der Waals surface area contributed by atoms with Crippen molar-refractivity contribution in [3.05, 3.63) is 58.1 Å². The maximum absolute atomic E-state index is 11.8. The van der Waals surface area contributed by atoms with Gasteiger partial charge in [-0.05, 0) is 48.7 Å². The molecule has 0 heterocycles. The average molecular weight is 370 g/mol. The van der Waals surface area contributed by atoms with E-state index in [-0.39, 0.29) is 17.2 Å². The summed E-state index contributed by atoms with van der Waals surface area (Å²) in [7, 11) is 0. The van der Waals surface area contributed by atoms with E-state index in [1.165, 1.54) is 18.2 Å². The van der Waals surface area contributed by atoms with Crippen LogP contribution in [0.1, 0.15) is 10.4 Å². The highest BCUT2D eigenvalue weighted by Crippen LogP contribution is 2.23. The van der Waals surface area contributed by atoms with E-state index in [0.717, 1.165) is 4.90 Å². The molecular formula is C16H13Cl2NO3S. The second kappa shape index (κ2) is 8.24. The second-order valence-corrected chi connectivity index (χ2v) is 6.18. The Hall–Kier alpha value is -1.69. The number of thioether (sulfide) groups is 1. The van der Waals surface area contributed by atoms with Crippen LogP contribution in [0.2, 0.25) is 10.0 Å². The van der Waals surface area contributed by atoms with Gasteiger partial charge in [0.2, 0.25) is 0 Å². The smallest absolute Gasteiger partial charge is 0.338 e. The number of anilines is 1. The molecule has 0 radical (unpaired) electrons. The van der Waals surface area contributed by atoms with Gasteiger partial charge in [-0.3, -0.25) is 4.79 Å². The van der Waals surface area contributed by atoms with Gasteiger partial charge in [-0.1, -0.05) is 23.2 Å². The van der Waals surface area contributed by atoms with Gasteiger partial charge in [-0.15, -0.1) is 11.8 Å². The zero-order chi connectivity index (χ0) is 16.8. The monoisotopic (exact) mass is 369 g/mol. The van der Waals surface area contributed by atoms with Crippen molar-refractivity contribution in [3.63, 3.8) is 0 Å². The first-order valence-electron chi connectivity index (χ1n) is 6.55. The number of esters is 1. The van der Waals surface area contributed by atoms with Crippen LogP contribution in [-0.2, 0) is 9.53 Å². The predicted molar refractivity (Wildman–Crippen MR) is 93.6 cm³/mol. The molecule has 7 heteroatoms. The summed E-state index contributed by atoms with van der Waals surface area (Å²) in [5, 5.41) is 3.24. The van der Waals surface area contributed by atoms with E-state index >= 15 is 0 Å². The van der Waals surface area contributed by atoms with Crippen LogP contribution < -0.4 is 5.32 Å². The molecule has 0 aliphatic carbocycles. The lowest BCUT2D eigenvalue weighted by molar-refractivity contribution is -0.119. The molecule has 23 heavy (non-hydrogen) atoms. The van der Waals surface area contributed by atoms with E-state index < -0.39 is 11.9 Å². The number of amides is 1. The van der Waals surface area contributed by atoms with Crippen molar-refractivity contribution in [3.8, 4) is 0 Å². The molecule has 0 aliphatic rings. The average Bonchev–Trinajstić information content (AvgIpc) is 2.56. The molecule has 0 aliphatic heterocycles. The van der Waals surface area contributed by atoms with E-state index in [0.29, 0.717) is 10.7 Å². The van der Waals surface area contributed by atoms with E-state index in [4.69, 9.17) is 27.9 Å². The minimum Gasteiger partial charge on any atom is -0.452 e. The van der Waals surface area contributed by atoms with Gasteiger partial charge in [0, 0.05) is 10.6 Å². The molecule has 1 N–H and O–H groups in total. The van der Waals surface area contributed by atoms with E-state index in [1.807, 2.05) is 18.4 Å². The quantitative estimate of drug-likeness (QED) is 0.622. The molecule has 1 amide bonds. The Labute approximate surface area is 148 Å². The zero-order valence-electron chi connectivity index (χ0n) is 12.1. The first-order chi connectivity index (χ1) is 11.0. The summed E-state index contributed by atoms with van der Waals surface area (Å²) in [6.45, 7) is -0.386. The van der Waals surface area contributed by atoms with Gasteiger partial charge in [0.15, 0.2) is 6.61 Å². The summed E-state index contributed by atoms with van der Waals surface area (Å²) in [5.41, 5.74) is 0.870. The number of halogens is 2. The Morgan fingerprint density at radius 1 is 1.09 bits per heavy atom. The summed E-state index contributed by atoms with van der Waals surface area (Å²) in [4.78, 5) is 24.7. The molecule has 4 nitrogen and oxygen atoms in total. The van der Waals surface area contributed by atoms with E-state index in [2.05, 4.69) is 5.32 Å². The maximum atomic E-state index is 11.8. The molecule has 120 valence electrons. The van der Waals surface area contributed by atoms with Crippen LogP contribution >= 0.6 is 35.0 Å². The van der Waals surface area contributed by atoms with Crippen molar-refractivity contribution >= 4 is 52.5 Å². The largest absolute Gasteiger partial charge is 0.452 e. The number of carbonyl (C=O) groups is 2. The fraction of sp³-hybridized carbons (Fsp3) is 0.125. The van der Waals surface area contributed by atoms with Crippen LogP contribution in [0.15, 0.2) is 47.4 Å². The lowest BCUT2D eigenvalue weighted by atomic mass is 10.2. The lowest BCUT2D eigenvalue weighted by Crippen LogP contribution is -2.20. The van der Waals surface area contributed by atoms with Crippen molar-refractivity contribution in [2.24, 2.45) is 0 Å². The van der Waals surface area contributed by atoms with E-state index in [1.54, 1.807) is 23.9 Å². The van der Waals surface area contributed by atoms with Crippen LogP contribution in [-0.4, -0.2) is 24.7 Å². The molecule has 0 spiro atoms. The third-order valence-corrected chi connectivity index (χ3v) is 4.35. The van der Waals surface area contributed by atoms with Crippen molar-refractivity contribution in [2.75, 3.05) is 18.2 Å². The maximum Gasteiger partial charge on any atom is 0.338 e. The van der Waals surface area contributed by atoms with Crippen LogP contribution in [0.3, 0.4) is 0 Å². The number of carbonyl (C=O) groups excluding carboxylic acids is 2. The molecule has 0 atom stereocenters. The molecular weight excluding hydrogens is 357 g/mol. The number of rotatable bonds is 5. The third kappa shape index (κ3) is 5.16. The van der Waals surface area contributed by atoms with Gasteiger partial charge in [0.25, 0.3) is 5.91 Å². The minimum absolute atomic E-state index is 0.233. The number of nitrogens with one attached hydrogen (secondary N) is 1. The highest BCUT2D eigenvalue weighted by molar-refractivity contribution is 7.98. The molecule has 0 saturated heterocycles. The molecule has 0 unspecified atom stereocenters. The normalized spacial score (nSPS) is 10.2. The highest BCUT2D eigenvalue weighted by Gasteiger charge is 2.12. The van der Waals surface area contributed by atoms with Gasteiger partial charge in [0.05, 0.1) is 15.6 Å². The first-order valence-corrected chi connectivity index (χ1v) is 8.54. The summed E-state index contributed by atoms with van der Waals surface area (Å²) in [6.07, 6.45) is 1.97. The third-order valence-electron chi connectivity index (χ3n) is 2.86.